The topological polar surface area (TPSA) is 120 Å². The lowest BCUT2D eigenvalue weighted by Gasteiger charge is -2.22. The van der Waals surface area contributed by atoms with Crippen LogP contribution in [0.1, 0.15) is 11.1 Å². The summed E-state index contributed by atoms with van der Waals surface area (Å²) in [7, 11) is -2.22. The number of aliphatic carboxylic acids is 1. The Hall–Kier alpha value is -3.96. The van der Waals surface area contributed by atoms with Gasteiger partial charge in [0.25, 0.3) is 10.0 Å². The lowest BCUT2D eigenvalue weighted by Crippen LogP contribution is -2.30. The minimum absolute atomic E-state index is 0.0457. The molecule has 0 unspecified atom stereocenters. The molecule has 0 fully saturated rings. The molecule has 0 radical (unpaired) electrons. The van der Waals surface area contributed by atoms with E-state index in [1.54, 1.807) is 46.8 Å². The molecule has 2 aromatic carbocycles. The number of aromatic nitrogens is 4. The third kappa shape index (κ3) is 5.50. The molecule has 176 valence electrons. The molecule has 2 aromatic heterocycles. The summed E-state index contributed by atoms with van der Waals surface area (Å²) in [5, 5.41) is 13.0. The average Bonchev–Trinajstić information content (AvgIpc) is 3.50. The molecular weight excluding hydrogens is 458 g/mol. The van der Waals surface area contributed by atoms with E-state index in [0.717, 1.165) is 11.3 Å². The molecule has 4 aromatic rings. The second-order valence-electron chi connectivity index (χ2n) is 7.60. The van der Waals surface area contributed by atoms with E-state index in [4.69, 9.17) is 9.84 Å². The van der Waals surface area contributed by atoms with Crippen molar-refractivity contribution in [3.05, 3.63) is 90.6 Å². The first-order chi connectivity index (χ1) is 16.3. The van der Waals surface area contributed by atoms with Crippen molar-refractivity contribution < 1.29 is 23.1 Å². The zero-order valence-corrected chi connectivity index (χ0v) is 19.2. The fraction of sp³-hybridized carbons (Fsp3) is 0.174. The summed E-state index contributed by atoms with van der Waals surface area (Å²) in [6.45, 7) is -0.329. The molecule has 0 aliphatic carbocycles. The van der Waals surface area contributed by atoms with Crippen LogP contribution in [0.4, 0.5) is 0 Å². The van der Waals surface area contributed by atoms with Crippen molar-refractivity contribution in [3.63, 3.8) is 0 Å². The summed E-state index contributed by atoms with van der Waals surface area (Å²) in [5.74, 6) is -0.748. The Morgan fingerprint density at radius 1 is 1.09 bits per heavy atom. The van der Waals surface area contributed by atoms with Gasteiger partial charge in [0.05, 0.1) is 12.0 Å². The van der Waals surface area contributed by atoms with Crippen LogP contribution < -0.4 is 4.74 Å². The van der Waals surface area contributed by atoms with Gasteiger partial charge in [-0.2, -0.15) is 9.40 Å². The van der Waals surface area contributed by atoms with E-state index in [-0.39, 0.29) is 18.1 Å². The van der Waals surface area contributed by atoms with Gasteiger partial charge < -0.3 is 14.4 Å². The number of ether oxygens (including phenoxy) is 1. The van der Waals surface area contributed by atoms with Crippen LogP contribution in [0.5, 0.6) is 5.75 Å². The molecule has 11 heteroatoms. The van der Waals surface area contributed by atoms with E-state index < -0.39 is 22.6 Å². The predicted octanol–water partition coefficient (Wildman–Crippen LogP) is 2.46. The number of rotatable bonds is 10. The van der Waals surface area contributed by atoms with Gasteiger partial charge in [0.15, 0.2) is 11.6 Å². The van der Waals surface area contributed by atoms with Crippen LogP contribution in [0.2, 0.25) is 0 Å². The number of aryl methyl sites for hydroxylation is 1. The lowest BCUT2D eigenvalue weighted by molar-refractivity contribution is -0.139. The third-order valence-electron chi connectivity index (χ3n) is 4.97. The molecule has 4 rings (SSSR count). The molecule has 0 amide bonds. The molecular formula is C23H23N5O5S. The number of imidazole rings is 1. The Morgan fingerprint density at radius 2 is 1.85 bits per heavy atom. The number of carboxylic acids is 1. The van der Waals surface area contributed by atoms with Crippen molar-refractivity contribution in [1.29, 1.82) is 0 Å². The maximum Gasteiger partial charge on any atom is 0.341 e. The standard InChI is InChI=1S/C23H23N5O5S/c1-26-15-22(24-17-26)34(31,32)27(14-19-4-2-5-21(12-19)33-16-23(29)30)13-18-6-8-20(9-7-18)28-11-3-10-25-28/h2-12,15,17H,13-14,16H2,1H3,(H,29,30). The zero-order valence-electron chi connectivity index (χ0n) is 18.4. The van der Waals surface area contributed by atoms with Crippen molar-refractivity contribution in [2.24, 2.45) is 7.05 Å². The van der Waals surface area contributed by atoms with E-state index >= 15 is 0 Å². The van der Waals surface area contributed by atoms with Crippen LogP contribution in [0.3, 0.4) is 0 Å². The minimum Gasteiger partial charge on any atom is -0.482 e. The molecule has 34 heavy (non-hydrogen) atoms. The molecule has 1 N–H and O–H groups in total. The first kappa shape index (κ1) is 23.2. The molecule has 0 bridgehead atoms. The van der Waals surface area contributed by atoms with Gasteiger partial charge in [-0.15, -0.1) is 0 Å². The van der Waals surface area contributed by atoms with Crippen LogP contribution in [-0.4, -0.2) is 49.7 Å². The quantitative estimate of drug-likeness (QED) is 0.369. The third-order valence-corrected chi connectivity index (χ3v) is 6.65. The summed E-state index contributed by atoms with van der Waals surface area (Å²) < 4.78 is 36.7. The highest BCUT2D eigenvalue weighted by Crippen LogP contribution is 2.22. The zero-order chi connectivity index (χ0) is 24.1. The number of hydrogen-bond donors (Lipinski definition) is 1. The lowest BCUT2D eigenvalue weighted by atomic mass is 10.2. The van der Waals surface area contributed by atoms with E-state index in [9.17, 15) is 13.2 Å². The number of benzene rings is 2. The number of nitrogens with zero attached hydrogens (tertiary/aromatic N) is 5. The predicted molar refractivity (Wildman–Crippen MR) is 123 cm³/mol. The van der Waals surface area contributed by atoms with Gasteiger partial charge in [-0.05, 0) is 41.5 Å². The number of carbonyl (C=O) groups is 1. The summed E-state index contributed by atoms with van der Waals surface area (Å²) in [6, 6.07) is 16.0. The maximum atomic E-state index is 13.4. The van der Waals surface area contributed by atoms with Gasteiger partial charge in [0.1, 0.15) is 5.75 Å². The van der Waals surface area contributed by atoms with E-state index in [2.05, 4.69) is 10.1 Å². The van der Waals surface area contributed by atoms with Crippen molar-refractivity contribution >= 4 is 16.0 Å². The molecule has 0 saturated heterocycles. The van der Waals surface area contributed by atoms with E-state index in [0.29, 0.717) is 11.3 Å². The molecule has 0 atom stereocenters. The highest BCUT2D eigenvalue weighted by molar-refractivity contribution is 7.89. The SMILES string of the molecule is Cn1cnc(S(=O)(=O)N(Cc2ccc(-n3cccn3)cc2)Cc2cccc(OCC(=O)O)c2)c1. The monoisotopic (exact) mass is 481 g/mol. The fourth-order valence-electron chi connectivity index (χ4n) is 3.34. The maximum absolute atomic E-state index is 13.4. The molecule has 10 nitrogen and oxygen atoms in total. The highest BCUT2D eigenvalue weighted by atomic mass is 32.2. The average molecular weight is 482 g/mol. The van der Waals surface area contributed by atoms with Crippen LogP contribution in [0.15, 0.2) is 84.5 Å². The van der Waals surface area contributed by atoms with Crippen LogP contribution >= 0.6 is 0 Å². The summed E-state index contributed by atoms with van der Waals surface area (Å²) >= 11 is 0. The molecule has 0 aliphatic rings. The van der Waals surface area contributed by atoms with Crippen molar-refractivity contribution in [2.45, 2.75) is 18.1 Å². The molecule has 0 spiro atoms. The van der Waals surface area contributed by atoms with Crippen molar-refractivity contribution in [3.8, 4) is 11.4 Å². The summed E-state index contributed by atoms with van der Waals surface area (Å²) in [5.41, 5.74) is 2.29. The van der Waals surface area contributed by atoms with E-state index in [1.165, 1.54) is 16.8 Å². The minimum atomic E-state index is -3.92. The Labute approximate surface area is 196 Å². The molecule has 0 saturated carbocycles. The number of carboxylic acid groups (broad SMARTS) is 1. The number of sulfonamides is 1. The highest BCUT2D eigenvalue weighted by Gasteiger charge is 2.27. The van der Waals surface area contributed by atoms with Gasteiger partial charge in [-0.1, -0.05) is 24.3 Å². The largest absolute Gasteiger partial charge is 0.482 e. The fourth-order valence-corrected chi connectivity index (χ4v) is 4.72. The van der Waals surface area contributed by atoms with Crippen molar-refractivity contribution in [2.75, 3.05) is 6.61 Å². The normalized spacial score (nSPS) is 11.6. The Morgan fingerprint density at radius 3 is 2.50 bits per heavy atom. The van der Waals surface area contributed by atoms with Gasteiger partial charge in [0, 0.05) is 38.7 Å². The van der Waals surface area contributed by atoms with Crippen molar-refractivity contribution in [1.82, 2.24) is 23.6 Å². The molecule has 0 aliphatic heterocycles. The van der Waals surface area contributed by atoms with Gasteiger partial charge >= 0.3 is 5.97 Å². The Kier molecular flexibility index (Phi) is 6.75. The van der Waals surface area contributed by atoms with E-state index in [1.807, 2.05) is 36.5 Å². The van der Waals surface area contributed by atoms with Gasteiger partial charge in [-0.25, -0.2) is 22.9 Å². The van der Waals surface area contributed by atoms with Gasteiger partial charge in [-0.3, -0.25) is 0 Å². The second-order valence-corrected chi connectivity index (χ2v) is 9.48. The Balaban J connectivity index is 1.61. The smallest absolute Gasteiger partial charge is 0.341 e. The first-order valence-corrected chi connectivity index (χ1v) is 11.8. The van der Waals surface area contributed by atoms with Gasteiger partial charge in [0.2, 0.25) is 0 Å². The molecule has 2 heterocycles. The summed E-state index contributed by atoms with van der Waals surface area (Å²) in [6.07, 6.45) is 6.40. The number of hydrogen-bond acceptors (Lipinski definition) is 6. The Bertz CT molecular complexity index is 1370. The van der Waals surface area contributed by atoms with Crippen LogP contribution in [-0.2, 0) is 35.0 Å². The van der Waals surface area contributed by atoms with Crippen LogP contribution in [0, 0.1) is 0 Å². The van der Waals surface area contributed by atoms with Crippen LogP contribution in [0.25, 0.3) is 5.69 Å². The second kappa shape index (κ2) is 9.89. The first-order valence-electron chi connectivity index (χ1n) is 10.3. The summed E-state index contributed by atoms with van der Waals surface area (Å²) in [4.78, 5) is 14.8.